The number of piperidine rings is 1. The highest BCUT2D eigenvalue weighted by atomic mass is 16.5. The number of nitrogens with zero attached hydrogens (tertiary/aromatic N) is 3. The molecule has 0 unspecified atom stereocenters. The Morgan fingerprint density at radius 1 is 1.06 bits per heavy atom. The van der Waals surface area contributed by atoms with Gasteiger partial charge in [0.1, 0.15) is 11.5 Å². The molecule has 0 saturated carbocycles. The van der Waals surface area contributed by atoms with E-state index in [-0.39, 0.29) is 23.7 Å². The highest BCUT2D eigenvalue weighted by Crippen LogP contribution is 2.27. The van der Waals surface area contributed by atoms with Crippen molar-refractivity contribution in [1.29, 1.82) is 0 Å². The minimum absolute atomic E-state index is 0.180. The van der Waals surface area contributed by atoms with Gasteiger partial charge in [-0.15, -0.1) is 0 Å². The highest BCUT2D eigenvalue weighted by Gasteiger charge is 2.21. The van der Waals surface area contributed by atoms with E-state index < -0.39 is 0 Å². The van der Waals surface area contributed by atoms with Gasteiger partial charge in [0.05, 0.1) is 6.42 Å². The Labute approximate surface area is 206 Å². The van der Waals surface area contributed by atoms with E-state index in [1.807, 2.05) is 45.2 Å². The lowest BCUT2D eigenvalue weighted by Gasteiger charge is -2.29. The third kappa shape index (κ3) is 6.54. The highest BCUT2D eigenvalue weighted by molar-refractivity contribution is 6.02. The molecule has 0 spiro atoms. The monoisotopic (exact) mass is 475 g/mol. The molecule has 2 aromatic heterocycles. The van der Waals surface area contributed by atoms with Crippen LogP contribution in [0.15, 0.2) is 53.2 Å². The molecule has 2 amide bonds. The van der Waals surface area contributed by atoms with Crippen molar-refractivity contribution in [3.05, 3.63) is 71.2 Å². The van der Waals surface area contributed by atoms with E-state index in [9.17, 15) is 9.59 Å². The summed E-state index contributed by atoms with van der Waals surface area (Å²) in [5.74, 6) is 1.16. The maximum absolute atomic E-state index is 12.6. The lowest BCUT2D eigenvalue weighted by Crippen LogP contribution is -2.29. The average molecular weight is 476 g/mol. The summed E-state index contributed by atoms with van der Waals surface area (Å²) in [5.41, 5.74) is 2.86. The van der Waals surface area contributed by atoms with Crippen molar-refractivity contribution < 1.29 is 14.1 Å². The Bertz CT molecular complexity index is 1150. The summed E-state index contributed by atoms with van der Waals surface area (Å²) < 4.78 is 5.30. The molecular weight excluding hydrogens is 442 g/mol. The fraction of sp³-hybridized carbons (Fsp3) is 0.407. The van der Waals surface area contributed by atoms with E-state index in [4.69, 9.17) is 4.52 Å². The van der Waals surface area contributed by atoms with Gasteiger partial charge in [0.2, 0.25) is 5.91 Å². The van der Waals surface area contributed by atoms with E-state index in [0.29, 0.717) is 28.9 Å². The molecule has 1 aromatic carbocycles. The molecule has 0 atom stereocenters. The molecule has 4 rings (SSSR count). The van der Waals surface area contributed by atoms with Crippen LogP contribution in [-0.2, 0) is 16.6 Å². The lowest BCUT2D eigenvalue weighted by atomic mass is 9.90. The molecule has 0 radical (unpaired) electrons. The lowest BCUT2D eigenvalue weighted by molar-refractivity contribution is -0.115. The van der Waals surface area contributed by atoms with Crippen LogP contribution in [0.3, 0.4) is 0 Å². The van der Waals surface area contributed by atoms with Crippen molar-refractivity contribution in [3.63, 3.8) is 0 Å². The number of aromatic nitrogens is 2. The van der Waals surface area contributed by atoms with Crippen molar-refractivity contribution >= 4 is 23.3 Å². The number of benzene rings is 1. The largest absolute Gasteiger partial charge is 0.359 e. The van der Waals surface area contributed by atoms with E-state index in [1.165, 1.54) is 5.56 Å². The van der Waals surface area contributed by atoms with Crippen LogP contribution in [0.5, 0.6) is 0 Å². The predicted molar refractivity (Wildman–Crippen MR) is 136 cm³/mol. The number of anilines is 2. The van der Waals surface area contributed by atoms with E-state index in [0.717, 1.165) is 31.5 Å². The normalized spacial score (nSPS) is 15.1. The SMILES string of the molecule is CN1CCC(c2ccc(C(=O)Nc3ccc(CC(=O)Nc4cc(C(C)(C)C)on4)cc3)nc2)CC1. The number of hydrogen-bond donors (Lipinski definition) is 2. The molecule has 184 valence electrons. The molecular formula is C27H33N5O3. The zero-order chi connectivity index (χ0) is 25.0. The molecule has 3 heterocycles. The minimum Gasteiger partial charge on any atom is -0.359 e. The van der Waals surface area contributed by atoms with Crippen molar-refractivity contribution in [2.45, 2.75) is 51.4 Å². The Hall–Kier alpha value is -3.52. The first-order chi connectivity index (χ1) is 16.7. The second-order valence-electron chi connectivity index (χ2n) is 10.3. The van der Waals surface area contributed by atoms with Crippen LogP contribution in [0, 0.1) is 0 Å². The number of amides is 2. The van der Waals surface area contributed by atoms with Gasteiger partial charge in [0.25, 0.3) is 5.91 Å². The quantitative estimate of drug-likeness (QED) is 0.540. The van der Waals surface area contributed by atoms with Crippen LogP contribution in [0.25, 0.3) is 0 Å². The average Bonchev–Trinajstić information content (AvgIpc) is 3.30. The zero-order valence-corrected chi connectivity index (χ0v) is 20.8. The fourth-order valence-corrected chi connectivity index (χ4v) is 4.08. The van der Waals surface area contributed by atoms with E-state index in [2.05, 4.69) is 32.7 Å². The van der Waals surface area contributed by atoms with Crippen LogP contribution in [-0.4, -0.2) is 47.0 Å². The number of likely N-dealkylation sites (tertiary alicyclic amines) is 1. The molecule has 8 nitrogen and oxygen atoms in total. The second kappa shape index (κ2) is 10.4. The third-order valence-electron chi connectivity index (χ3n) is 6.30. The number of carbonyl (C=O) groups is 2. The Morgan fingerprint density at radius 2 is 1.77 bits per heavy atom. The molecule has 1 fully saturated rings. The van der Waals surface area contributed by atoms with Gasteiger partial charge in [-0.25, -0.2) is 0 Å². The summed E-state index contributed by atoms with van der Waals surface area (Å²) >= 11 is 0. The van der Waals surface area contributed by atoms with Gasteiger partial charge in [-0.3, -0.25) is 14.6 Å². The number of carbonyl (C=O) groups excluding carboxylic acids is 2. The van der Waals surface area contributed by atoms with E-state index in [1.54, 1.807) is 24.3 Å². The Balaban J connectivity index is 1.29. The molecule has 35 heavy (non-hydrogen) atoms. The number of nitrogens with one attached hydrogen (secondary N) is 2. The topological polar surface area (TPSA) is 100 Å². The van der Waals surface area contributed by atoms with Gasteiger partial charge in [0, 0.05) is 23.4 Å². The number of rotatable bonds is 6. The molecule has 2 N–H and O–H groups in total. The summed E-state index contributed by atoms with van der Waals surface area (Å²) in [7, 11) is 2.14. The maximum Gasteiger partial charge on any atom is 0.274 e. The first-order valence-electron chi connectivity index (χ1n) is 12.0. The predicted octanol–water partition coefficient (Wildman–Crippen LogP) is 4.61. The standard InChI is InChI=1S/C27H33N5O3/c1-27(2,3)23-16-24(31-35-23)30-25(33)15-18-5-8-21(9-6-18)29-26(34)22-10-7-20(17-28-22)19-11-13-32(4)14-12-19/h5-10,16-17,19H,11-15H2,1-4H3,(H,29,34)(H,30,31,33). The van der Waals surface area contributed by atoms with Gasteiger partial charge in [-0.2, -0.15) is 0 Å². The van der Waals surface area contributed by atoms with Crippen molar-refractivity contribution in [1.82, 2.24) is 15.0 Å². The smallest absolute Gasteiger partial charge is 0.274 e. The molecule has 3 aromatic rings. The van der Waals surface area contributed by atoms with E-state index >= 15 is 0 Å². The van der Waals surface area contributed by atoms with Gasteiger partial charge < -0.3 is 20.1 Å². The maximum atomic E-state index is 12.6. The van der Waals surface area contributed by atoms with Gasteiger partial charge >= 0.3 is 0 Å². The first-order valence-corrected chi connectivity index (χ1v) is 12.0. The van der Waals surface area contributed by atoms with Gasteiger partial charge in [0.15, 0.2) is 5.82 Å². The van der Waals surface area contributed by atoms with Crippen LogP contribution < -0.4 is 10.6 Å². The van der Waals surface area contributed by atoms with Crippen LogP contribution in [0.2, 0.25) is 0 Å². The van der Waals surface area contributed by atoms with Crippen LogP contribution in [0.1, 0.15) is 66.9 Å². The molecule has 0 bridgehead atoms. The zero-order valence-electron chi connectivity index (χ0n) is 20.8. The summed E-state index contributed by atoms with van der Waals surface area (Å²) in [4.78, 5) is 31.7. The molecule has 0 aliphatic carbocycles. The molecule has 1 aliphatic heterocycles. The Kier molecular flexibility index (Phi) is 7.31. The second-order valence-corrected chi connectivity index (χ2v) is 10.3. The third-order valence-corrected chi connectivity index (χ3v) is 6.30. The molecule has 1 aliphatic rings. The van der Waals surface area contributed by atoms with Crippen LogP contribution in [0.4, 0.5) is 11.5 Å². The fourth-order valence-electron chi connectivity index (χ4n) is 4.08. The Morgan fingerprint density at radius 3 is 2.37 bits per heavy atom. The number of hydrogen-bond acceptors (Lipinski definition) is 6. The van der Waals surface area contributed by atoms with Crippen molar-refractivity contribution in [2.75, 3.05) is 30.8 Å². The number of pyridine rings is 1. The molecule has 8 heteroatoms. The first kappa shape index (κ1) is 24.6. The van der Waals surface area contributed by atoms with Gasteiger partial charge in [-0.05, 0) is 68.2 Å². The van der Waals surface area contributed by atoms with Crippen LogP contribution >= 0.6 is 0 Å². The summed E-state index contributed by atoms with van der Waals surface area (Å²) in [5, 5.41) is 9.54. The summed E-state index contributed by atoms with van der Waals surface area (Å²) in [6.45, 7) is 8.22. The summed E-state index contributed by atoms with van der Waals surface area (Å²) in [6.07, 6.45) is 4.24. The molecule has 1 saturated heterocycles. The summed E-state index contributed by atoms with van der Waals surface area (Å²) in [6, 6.07) is 12.7. The minimum atomic E-state index is -0.258. The van der Waals surface area contributed by atoms with Crippen molar-refractivity contribution in [2.24, 2.45) is 0 Å². The van der Waals surface area contributed by atoms with Crippen molar-refractivity contribution in [3.8, 4) is 0 Å². The van der Waals surface area contributed by atoms with Gasteiger partial charge in [-0.1, -0.05) is 44.1 Å².